The topological polar surface area (TPSA) is 170 Å². The van der Waals surface area contributed by atoms with Crippen LogP contribution in [-0.2, 0) is 51.4 Å². The Morgan fingerprint density at radius 1 is 0.827 bits per heavy atom. The van der Waals surface area contributed by atoms with Crippen molar-refractivity contribution in [1.82, 2.24) is 24.9 Å². The van der Waals surface area contributed by atoms with Gasteiger partial charge >= 0.3 is 41.5 Å². The maximum atomic E-state index is 9.85. The molecule has 4 aliphatic heterocycles. The molecule has 8 rings (SSSR count). The van der Waals surface area contributed by atoms with Crippen LogP contribution in [0.5, 0.6) is 0 Å². The normalized spacial score (nSPS) is 21.8. The molecular formula is C34H46BClN6NaO9. The van der Waals surface area contributed by atoms with Gasteiger partial charge in [-0.15, -0.1) is 0 Å². The van der Waals surface area contributed by atoms with Gasteiger partial charge in [-0.1, -0.05) is 36.4 Å². The molecule has 2 aromatic heterocycles. The molecule has 52 heavy (non-hydrogen) atoms. The third kappa shape index (κ3) is 11.5. The van der Waals surface area contributed by atoms with Crippen LogP contribution in [0.25, 0.3) is 21.8 Å². The van der Waals surface area contributed by atoms with E-state index >= 15 is 0 Å². The fourth-order valence-corrected chi connectivity index (χ4v) is 6.14. The summed E-state index contributed by atoms with van der Waals surface area (Å²) in [7, 11) is 7.58. The zero-order valence-corrected chi connectivity index (χ0v) is 33.3. The molecule has 15 nitrogen and oxygen atoms in total. The zero-order chi connectivity index (χ0) is 36.2. The van der Waals surface area contributed by atoms with Crippen molar-refractivity contribution >= 4 is 47.8 Å². The second-order valence-corrected chi connectivity index (χ2v) is 11.9. The number of nitrogens with zero attached hydrogens (tertiary/aromatic N) is 4. The minimum atomic E-state index is -0.639. The summed E-state index contributed by atoms with van der Waals surface area (Å²) in [5.74, 6) is -1.74. The van der Waals surface area contributed by atoms with Crippen molar-refractivity contribution in [3.8, 4) is 0 Å². The number of fused-ring (bicyclic) bond motifs is 6. The average molecular weight is 752 g/mol. The Bertz CT molecular complexity index is 1730. The summed E-state index contributed by atoms with van der Waals surface area (Å²) in [6, 6.07) is 17.8. The van der Waals surface area contributed by atoms with Gasteiger partial charge in [0.15, 0.2) is 6.10 Å². The van der Waals surface area contributed by atoms with Crippen LogP contribution in [-0.4, -0.2) is 103 Å². The van der Waals surface area contributed by atoms with E-state index in [0.717, 1.165) is 64.8 Å². The second kappa shape index (κ2) is 22.2. The van der Waals surface area contributed by atoms with Crippen LogP contribution >= 0.6 is 0 Å². The molecule has 0 amide bonds. The van der Waals surface area contributed by atoms with E-state index in [1.54, 1.807) is 4.90 Å². The van der Waals surface area contributed by atoms with Gasteiger partial charge in [0.1, 0.15) is 12.1 Å². The zero-order valence-electron chi connectivity index (χ0n) is 30.5. The number of nitrogens with one attached hydrogen (secondary N) is 2. The Hall–Kier alpha value is -3.06. The first kappa shape index (κ1) is 45.1. The SMILES string of the molecule is CC(=O)OOC(C)=O.CO.C[NH+]1CC[C@H]1C1OCCn2nc3ccccc3c21.[B-]OC(C)=O.[Cl-].[Na+].c1ccc2c3n(nc2c1)CCOC3[C@@H]1CCN1. The van der Waals surface area contributed by atoms with Gasteiger partial charge in [0, 0.05) is 44.7 Å². The number of quaternary nitrogens is 1. The van der Waals surface area contributed by atoms with E-state index in [4.69, 9.17) is 19.7 Å². The predicted molar refractivity (Wildman–Crippen MR) is 183 cm³/mol. The number of carbonyl (C=O) groups excluding carboxylic acids is 3. The third-order valence-corrected chi connectivity index (χ3v) is 8.63. The average Bonchev–Trinajstić information content (AvgIpc) is 3.67. The molecule has 0 saturated carbocycles. The summed E-state index contributed by atoms with van der Waals surface area (Å²) >= 11 is 0. The number of hydrogen-bond donors (Lipinski definition) is 3. The van der Waals surface area contributed by atoms with E-state index < -0.39 is 17.9 Å². The van der Waals surface area contributed by atoms with E-state index in [2.05, 4.69) is 91.8 Å². The monoisotopic (exact) mass is 751 g/mol. The van der Waals surface area contributed by atoms with Gasteiger partial charge in [-0.05, 0) is 25.1 Å². The Morgan fingerprint density at radius 2 is 1.27 bits per heavy atom. The Balaban J connectivity index is 0.000000257. The molecule has 4 aromatic rings. The van der Waals surface area contributed by atoms with Crippen molar-refractivity contribution in [2.75, 3.05) is 40.5 Å². The van der Waals surface area contributed by atoms with Crippen LogP contribution in [0.4, 0.5) is 0 Å². The Kier molecular flexibility index (Phi) is 19.3. The van der Waals surface area contributed by atoms with Gasteiger partial charge in [0.05, 0.1) is 68.7 Å². The Labute approximate surface area is 332 Å². The molecule has 0 aliphatic carbocycles. The van der Waals surface area contributed by atoms with E-state index in [1.165, 1.54) is 48.5 Å². The molecule has 2 aromatic carbocycles. The van der Waals surface area contributed by atoms with Crippen LogP contribution in [0.2, 0.25) is 0 Å². The largest absolute Gasteiger partial charge is 1.00 e. The molecule has 3 N–H and O–H groups in total. The minimum absolute atomic E-state index is 0. The van der Waals surface area contributed by atoms with Crippen molar-refractivity contribution in [1.29, 1.82) is 0 Å². The van der Waals surface area contributed by atoms with Crippen LogP contribution in [0.15, 0.2) is 48.5 Å². The van der Waals surface area contributed by atoms with E-state index in [-0.39, 0.29) is 54.2 Å². The number of rotatable bonds is 2. The standard InChI is InChI=1S/C14H17N3O.C13H15N3O.C4H6O4.C2H3BO2.CH4O.ClH.Na/c1-16-7-6-12(16)14-13-10-4-2-3-5-11(10)15-17(13)8-9-18-14;1-2-4-10-9(3-1)12-13(11-5-6-14-11)17-8-7-16(12)15-10;1-3(5)7-8-4(2)6;1-2(4)5-3;1-2;;/h2-5,12,14H,6-9H2,1H3;1-4,11,13-14H,5-8H2;1-2H3;1H3;2H,1H3;1H;/q;;;-1;;;+1/t12-,14?;11-,13?;;;;;/m00...../s1. The molecule has 0 bridgehead atoms. The first-order valence-electron chi connectivity index (χ1n) is 16.5. The van der Waals surface area contributed by atoms with Gasteiger partial charge < -0.3 is 49.9 Å². The van der Waals surface area contributed by atoms with Gasteiger partial charge in [0.25, 0.3) is 0 Å². The summed E-state index contributed by atoms with van der Waals surface area (Å²) in [6.07, 6.45) is 2.85. The molecule has 0 spiro atoms. The molecule has 3 unspecified atom stereocenters. The van der Waals surface area contributed by atoms with Crippen LogP contribution in [0.1, 0.15) is 57.2 Å². The van der Waals surface area contributed by atoms with Crippen LogP contribution in [0, 0.1) is 0 Å². The minimum Gasteiger partial charge on any atom is -1.00 e. The molecule has 277 valence electrons. The van der Waals surface area contributed by atoms with E-state index in [1.807, 2.05) is 6.07 Å². The maximum absolute atomic E-state index is 9.85. The van der Waals surface area contributed by atoms with Crippen molar-refractivity contribution in [2.45, 2.75) is 71.0 Å². The molecule has 4 aliphatic rings. The molecular weight excluding hydrogens is 706 g/mol. The molecule has 2 fully saturated rings. The summed E-state index contributed by atoms with van der Waals surface area (Å²) < 4.78 is 19.9. The summed E-state index contributed by atoms with van der Waals surface area (Å²) in [4.78, 5) is 38.4. The number of benzene rings is 2. The van der Waals surface area contributed by atoms with Crippen LogP contribution < -0.4 is 52.2 Å². The first-order chi connectivity index (χ1) is 24.2. The third-order valence-electron chi connectivity index (χ3n) is 8.63. The van der Waals surface area contributed by atoms with Gasteiger partial charge in [0.2, 0.25) is 5.97 Å². The quantitative estimate of drug-likeness (QED) is 0.102. The first-order valence-corrected chi connectivity index (χ1v) is 16.5. The molecule has 2 saturated heterocycles. The number of ether oxygens (including phenoxy) is 2. The fraction of sp³-hybridized carbons (Fsp3) is 0.500. The number of hydrogen-bond acceptors (Lipinski definition) is 12. The number of aliphatic hydroxyl groups excluding tert-OH is 1. The summed E-state index contributed by atoms with van der Waals surface area (Å²) in [6.45, 7) is 9.19. The second-order valence-electron chi connectivity index (χ2n) is 11.9. The molecule has 18 heteroatoms. The number of aromatic nitrogens is 4. The maximum Gasteiger partial charge on any atom is 1.00 e. The van der Waals surface area contributed by atoms with Crippen molar-refractivity contribution < 1.29 is 90.3 Å². The van der Waals surface area contributed by atoms with Crippen molar-refractivity contribution in [3.05, 3.63) is 59.9 Å². The number of likely N-dealkylation sites (N-methyl/N-ethyl adjacent to an activating group) is 1. The van der Waals surface area contributed by atoms with Gasteiger partial charge in [-0.3, -0.25) is 14.2 Å². The predicted octanol–water partition coefficient (Wildman–Crippen LogP) is -4.86. The fourth-order valence-electron chi connectivity index (χ4n) is 6.14. The number of aliphatic hydroxyl groups is 1. The number of halogens is 1. The van der Waals surface area contributed by atoms with Crippen molar-refractivity contribution in [3.63, 3.8) is 0 Å². The number of likely N-dealkylation sites (tertiary alicyclic amines) is 1. The van der Waals surface area contributed by atoms with E-state index in [9.17, 15) is 14.4 Å². The van der Waals surface area contributed by atoms with Crippen molar-refractivity contribution in [2.24, 2.45) is 0 Å². The molecule has 6 heterocycles. The molecule has 3 radical (unpaired) electrons. The summed E-state index contributed by atoms with van der Waals surface area (Å²) in [5, 5.41) is 22.3. The Morgan fingerprint density at radius 3 is 1.63 bits per heavy atom. The summed E-state index contributed by atoms with van der Waals surface area (Å²) in [5.41, 5.74) is 4.72. The molecule has 5 atom stereocenters. The number of carbonyl (C=O) groups is 3. The smallest absolute Gasteiger partial charge is 1.00 e. The van der Waals surface area contributed by atoms with E-state index in [0.29, 0.717) is 12.1 Å². The van der Waals surface area contributed by atoms with Crippen LogP contribution in [0.3, 0.4) is 0 Å². The van der Waals surface area contributed by atoms with Gasteiger partial charge in [-0.25, -0.2) is 19.4 Å². The van der Waals surface area contributed by atoms with Gasteiger partial charge in [-0.2, -0.15) is 10.2 Å².